The summed E-state index contributed by atoms with van der Waals surface area (Å²) < 4.78 is 5.14. The van der Waals surface area contributed by atoms with E-state index in [9.17, 15) is 4.79 Å². The van der Waals surface area contributed by atoms with E-state index in [1.54, 1.807) is 0 Å². The van der Waals surface area contributed by atoms with E-state index in [1.807, 2.05) is 25.7 Å². The minimum atomic E-state index is -0.271. The summed E-state index contributed by atoms with van der Waals surface area (Å²) in [5.41, 5.74) is 8.58. The van der Waals surface area contributed by atoms with E-state index in [0.29, 0.717) is 18.8 Å². The second kappa shape index (κ2) is 10.4. The van der Waals surface area contributed by atoms with E-state index >= 15 is 0 Å². The number of carbonyl (C=O) groups excluding carboxylic acids is 1. The zero-order valence-corrected chi connectivity index (χ0v) is 14.4. The lowest BCUT2D eigenvalue weighted by molar-refractivity contribution is -0.140. The van der Waals surface area contributed by atoms with Crippen LogP contribution in [0.25, 0.3) is 0 Å². The van der Waals surface area contributed by atoms with Gasteiger partial charge < -0.3 is 15.4 Å². The summed E-state index contributed by atoms with van der Waals surface area (Å²) in [7, 11) is 0. The van der Waals surface area contributed by atoms with E-state index in [1.165, 1.54) is 6.42 Å². The Bertz CT molecular complexity index is 375. The third-order valence-corrected chi connectivity index (χ3v) is 3.28. The van der Waals surface area contributed by atoms with Crippen LogP contribution in [0.5, 0.6) is 0 Å². The molecule has 0 aliphatic carbocycles. The van der Waals surface area contributed by atoms with Crippen LogP contribution in [0.15, 0.2) is 23.5 Å². The van der Waals surface area contributed by atoms with Crippen molar-refractivity contribution in [2.24, 2.45) is 5.73 Å². The predicted octanol–water partition coefficient (Wildman–Crippen LogP) is 3.59. The number of esters is 1. The summed E-state index contributed by atoms with van der Waals surface area (Å²) in [5, 5.41) is 0. The lowest BCUT2D eigenvalue weighted by Crippen LogP contribution is -2.43. The molecule has 0 bridgehead atoms. The first-order valence-corrected chi connectivity index (χ1v) is 8.00. The molecule has 0 spiro atoms. The first kappa shape index (κ1) is 19.7. The van der Waals surface area contributed by atoms with E-state index < -0.39 is 0 Å². The highest BCUT2D eigenvalue weighted by Gasteiger charge is 2.27. The van der Waals surface area contributed by atoms with Crippen molar-refractivity contribution in [1.29, 1.82) is 0 Å². The Labute approximate surface area is 130 Å². The molecule has 1 heterocycles. The Morgan fingerprint density at radius 2 is 1.95 bits per heavy atom. The second-order valence-corrected chi connectivity index (χ2v) is 5.39. The summed E-state index contributed by atoms with van der Waals surface area (Å²) in [6.45, 7) is 15.1. The number of likely N-dealkylation sites (tertiary alicyclic amines) is 1. The van der Waals surface area contributed by atoms with Crippen molar-refractivity contribution in [3.63, 3.8) is 0 Å². The highest BCUT2D eigenvalue weighted by molar-refractivity contribution is 5.89. The lowest BCUT2D eigenvalue weighted by atomic mass is 10.0. The Balaban J connectivity index is 0.00000122. The smallest absolute Gasteiger partial charge is 0.354 e. The summed E-state index contributed by atoms with van der Waals surface area (Å²) in [6, 6.07) is 0.0876. The van der Waals surface area contributed by atoms with E-state index in [-0.39, 0.29) is 12.0 Å². The summed E-state index contributed by atoms with van der Waals surface area (Å²) in [6.07, 6.45) is 3.82. The van der Waals surface area contributed by atoms with Gasteiger partial charge in [0.2, 0.25) is 0 Å². The molecule has 0 unspecified atom stereocenters. The number of allylic oxidation sites excluding steroid dienone is 2. The summed E-state index contributed by atoms with van der Waals surface area (Å²) in [5.74, 6) is -0.271. The van der Waals surface area contributed by atoms with E-state index in [4.69, 9.17) is 10.5 Å². The van der Waals surface area contributed by atoms with Crippen LogP contribution in [-0.4, -0.2) is 30.1 Å². The molecule has 0 radical (unpaired) electrons. The average Bonchev–Trinajstić information content (AvgIpc) is 2.44. The molecule has 1 aliphatic heterocycles. The molecule has 21 heavy (non-hydrogen) atoms. The minimum Gasteiger partial charge on any atom is -0.461 e. The maximum Gasteiger partial charge on any atom is 0.354 e. The lowest BCUT2D eigenvalue weighted by Gasteiger charge is -2.36. The van der Waals surface area contributed by atoms with Crippen molar-refractivity contribution < 1.29 is 9.53 Å². The fraction of sp³-hybridized carbons (Fsp3) is 0.706. The molecule has 0 aromatic rings. The predicted molar refractivity (Wildman–Crippen MR) is 88.6 cm³/mol. The van der Waals surface area contributed by atoms with Crippen LogP contribution in [0.3, 0.4) is 0 Å². The Morgan fingerprint density at radius 3 is 2.43 bits per heavy atom. The molecule has 0 saturated carbocycles. The van der Waals surface area contributed by atoms with Crippen LogP contribution in [0.4, 0.5) is 0 Å². The SMILES string of the molecule is C=C1CC[C@@H](N)CN1/C(C(=O)OCC)=C(\C)CC.CCC. The van der Waals surface area contributed by atoms with Crippen LogP contribution >= 0.6 is 0 Å². The molecule has 2 N–H and O–H groups in total. The van der Waals surface area contributed by atoms with Gasteiger partial charge in [0.1, 0.15) is 5.70 Å². The zero-order valence-electron chi connectivity index (χ0n) is 14.4. The van der Waals surface area contributed by atoms with Gasteiger partial charge in [-0.05, 0) is 38.7 Å². The standard InChI is InChI=1S/C14H24N2O2.C3H8/c1-5-10(3)13(14(17)18-6-2)16-9-12(15)8-7-11(16)4;1-3-2/h12H,4-9,15H2,1-3H3;3H2,1-2H3/b13-10+;/t12-;/m1./s1. The minimum absolute atomic E-state index is 0.0876. The largest absolute Gasteiger partial charge is 0.461 e. The van der Waals surface area contributed by atoms with Crippen LogP contribution in [-0.2, 0) is 9.53 Å². The van der Waals surface area contributed by atoms with Gasteiger partial charge in [-0.3, -0.25) is 0 Å². The van der Waals surface area contributed by atoms with Crippen LogP contribution < -0.4 is 5.73 Å². The number of piperidine rings is 1. The van der Waals surface area contributed by atoms with Crippen LogP contribution in [0.1, 0.15) is 60.3 Å². The quantitative estimate of drug-likeness (QED) is 0.636. The molecule has 1 atom stereocenters. The fourth-order valence-corrected chi connectivity index (χ4v) is 2.07. The van der Waals surface area contributed by atoms with Crippen LogP contribution in [0, 0.1) is 0 Å². The van der Waals surface area contributed by atoms with Gasteiger partial charge in [0, 0.05) is 18.3 Å². The molecule has 4 nitrogen and oxygen atoms in total. The molecule has 122 valence electrons. The second-order valence-electron chi connectivity index (χ2n) is 5.39. The number of hydrogen-bond donors (Lipinski definition) is 1. The number of hydrogen-bond acceptors (Lipinski definition) is 4. The van der Waals surface area contributed by atoms with E-state index in [2.05, 4.69) is 20.4 Å². The summed E-state index contributed by atoms with van der Waals surface area (Å²) >= 11 is 0. The third-order valence-electron chi connectivity index (χ3n) is 3.28. The first-order valence-electron chi connectivity index (χ1n) is 8.00. The van der Waals surface area contributed by atoms with Crippen molar-refractivity contribution in [1.82, 2.24) is 4.90 Å². The maximum atomic E-state index is 12.1. The fourth-order valence-electron chi connectivity index (χ4n) is 2.07. The highest BCUT2D eigenvalue weighted by Crippen LogP contribution is 2.26. The number of rotatable bonds is 4. The van der Waals surface area contributed by atoms with Crippen molar-refractivity contribution in [3.8, 4) is 0 Å². The van der Waals surface area contributed by atoms with E-state index in [0.717, 1.165) is 30.5 Å². The highest BCUT2D eigenvalue weighted by atomic mass is 16.5. The van der Waals surface area contributed by atoms with Crippen LogP contribution in [0.2, 0.25) is 0 Å². The Kier molecular flexibility index (Phi) is 9.80. The molecule has 4 heteroatoms. The molecule has 1 fully saturated rings. The van der Waals surface area contributed by atoms with Gasteiger partial charge in [-0.25, -0.2) is 4.79 Å². The molecule has 0 amide bonds. The van der Waals surface area contributed by atoms with Crippen molar-refractivity contribution in [2.45, 2.75) is 66.3 Å². The van der Waals surface area contributed by atoms with Gasteiger partial charge in [-0.1, -0.05) is 33.8 Å². The summed E-state index contributed by atoms with van der Waals surface area (Å²) in [4.78, 5) is 14.0. The maximum absolute atomic E-state index is 12.1. The monoisotopic (exact) mass is 296 g/mol. The first-order chi connectivity index (χ1) is 9.92. The number of nitrogens with zero attached hydrogens (tertiary/aromatic N) is 1. The zero-order chi connectivity index (χ0) is 16.4. The molecule has 0 aromatic carbocycles. The Morgan fingerprint density at radius 1 is 1.38 bits per heavy atom. The van der Waals surface area contributed by atoms with Gasteiger partial charge in [-0.15, -0.1) is 0 Å². The molecule has 1 rings (SSSR count). The van der Waals surface area contributed by atoms with Crippen molar-refractivity contribution in [2.75, 3.05) is 13.2 Å². The third kappa shape index (κ3) is 6.34. The number of ether oxygens (including phenoxy) is 1. The number of nitrogens with two attached hydrogens (primary N) is 1. The normalized spacial score (nSPS) is 19.4. The number of carbonyl (C=O) groups is 1. The van der Waals surface area contributed by atoms with Crippen molar-refractivity contribution >= 4 is 5.97 Å². The molecular weight excluding hydrogens is 264 g/mol. The Hall–Kier alpha value is -1.29. The van der Waals surface area contributed by atoms with Gasteiger partial charge in [-0.2, -0.15) is 0 Å². The molecular formula is C17H32N2O2. The van der Waals surface area contributed by atoms with Crippen molar-refractivity contribution in [3.05, 3.63) is 23.5 Å². The van der Waals surface area contributed by atoms with Gasteiger partial charge in [0.05, 0.1) is 6.61 Å². The molecule has 1 aliphatic rings. The average molecular weight is 296 g/mol. The molecule has 1 saturated heterocycles. The topological polar surface area (TPSA) is 55.6 Å². The van der Waals surface area contributed by atoms with Gasteiger partial charge in [0.25, 0.3) is 0 Å². The van der Waals surface area contributed by atoms with Gasteiger partial charge in [0.15, 0.2) is 0 Å². The van der Waals surface area contributed by atoms with Gasteiger partial charge >= 0.3 is 5.97 Å². The molecule has 0 aromatic heterocycles.